The number of piperidine rings is 1. The minimum atomic E-state index is -0.250. The fourth-order valence-corrected chi connectivity index (χ4v) is 5.46. The minimum Gasteiger partial charge on any atom is -0.483 e. The molecule has 1 N–H and O–H groups in total. The molecule has 5 heterocycles. The predicted octanol–water partition coefficient (Wildman–Crippen LogP) is 2.58. The summed E-state index contributed by atoms with van der Waals surface area (Å²) in [4.78, 5) is 21.9. The zero-order valence-corrected chi connectivity index (χ0v) is 17.9. The van der Waals surface area contributed by atoms with Crippen LogP contribution in [0, 0.1) is 11.3 Å². The van der Waals surface area contributed by atoms with Crippen LogP contribution in [0.15, 0.2) is 30.7 Å². The molecule has 5 rings (SSSR count). The van der Waals surface area contributed by atoms with E-state index in [4.69, 9.17) is 19.9 Å². The second-order valence-corrected chi connectivity index (χ2v) is 8.46. The summed E-state index contributed by atoms with van der Waals surface area (Å²) in [7, 11) is 1.89. The molecule has 0 aliphatic carbocycles. The Morgan fingerprint density at radius 3 is 2.77 bits per heavy atom. The van der Waals surface area contributed by atoms with Gasteiger partial charge in [0.15, 0.2) is 5.82 Å². The molecular formula is C21H22N6O3S. The first kappa shape index (κ1) is 21.0. The molecule has 10 heteroatoms. The second-order valence-electron chi connectivity index (χ2n) is 7.41. The molecule has 160 valence electrons. The third-order valence-electron chi connectivity index (χ3n) is 5.56. The Balaban J connectivity index is 0.000000730. The van der Waals surface area contributed by atoms with Crippen LogP contribution in [0.4, 0.5) is 5.82 Å². The molecule has 0 unspecified atom stereocenters. The summed E-state index contributed by atoms with van der Waals surface area (Å²) in [6, 6.07) is 8.04. The number of aryl methyl sites for hydroxylation is 1. The van der Waals surface area contributed by atoms with E-state index in [1.54, 1.807) is 34.6 Å². The van der Waals surface area contributed by atoms with Crippen molar-refractivity contribution in [1.82, 2.24) is 19.7 Å². The van der Waals surface area contributed by atoms with E-state index in [1.807, 2.05) is 13.1 Å². The van der Waals surface area contributed by atoms with E-state index < -0.39 is 0 Å². The molecule has 1 spiro atoms. The maximum absolute atomic E-state index is 9.14. The van der Waals surface area contributed by atoms with Gasteiger partial charge < -0.3 is 14.7 Å². The maximum Gasteiger partial charge on any atom is 0.290 e. The van der Waals surface area contributed by atoms with E-state index >= 15 is 0 Å². The topological polar surface area (TPSA) is 117 Å². The lowest BCUT2D eigenvalue weighted by Gasteiger charge is -2.44. The summed E-state index contributed by atoms with van der Waals surface area (Å²) in [5, 5.41) is 20.5. The molecule has 2 aliphatic rings. The Kier molecular flexibility index (Phi) is 5.97. The molecule has 2 aliphatic heterocycles. The van der Waals surface area contributed by atoms with Crippen LogP contribution in [-0.4, -0.2) is 51.0 Å². The highest BCUT2D eigenvalue weighted by molar-refractivity contribution is 7.15. The van der Waals surface area contributed by atoms with Crippen LogP contribution in [0.3, 0.4) is 0 Å². The van der Waals surface area contributed by atoms with Crippen molar-refractivity contribution in [3.8, 4) is 16.8 Å². The van der Waals surface area contributed by atoms with Crippen LogP contribution < -0.4 is 4.90 Å². The van der Waals surface area contributed by atoms with Crippen LogP contribution >= 0.6 is 11.3 Å². The molecule has 0 amide bonds. The number of nitriles is 1. The van der Waals surface area contributed by atoms with Crippen molar-refractivity contribution in [2.45, 2.75) is 24.9 Å². The number of thiophene rings is 1. The van der Waals surface area contributed by atoms with Gasteiger partial charge in [-0.15, -0.1) is 11.3 Å². The monoisotopic (exact) mass is 438 g/mol. The SMILES string of the molecule is Cn1cnc(-c2cc3c(s2)C2(CCN(c4cc(C#N)ccn4)CC2)OCC3)n1.O=CO. The Labute approximate surface area is 183 Å². The highest BCUT2D eigenvalue weighted by Gasteiger charge is 2.42. The standard InChI is InChI=1S/C20H20N6OS.CH2O2/c1-25-13-23-19(24-25)16-11-15-3-9-27-20(18(15)28-16)4-7-26(8-5-20)17-10-14(12-21)2-6-22-17;2-1-3/h2,6,10-11,13H,3-5,7-9H2,1H3;1H,(H,2,3). The van der Waals surface area contributed by atoms with Gasteiger partial charge in [-0.3, -0.25) is 9.48 Å². The molecule has 1 fully saturated rings. The van der Waals surface area contributed by atoms with Crippen LogP contribution in [0.2, 0.25) is 0 Å². The number of anilines is 1. The molecule has 9 nitrogen and oxygen atoms in total. The van der Waals surface area contributed by atoms with Gasteiger partial charge in [-0.05, 0) is 43.0 Å². The lowest BCUT2D eigenvalue weighted by Crippen LogP contribution is -2.46. The molecule has 3 aromatic rings. The first-order valence-electron chi connectivity index (χ1n) is 9.90. The number of carbonyl (C=O) groups is 1. The van der Waals surface area contributed by atoms with Crippen molar-refractivity contribution in [3.63, 3.8) is 0 Å². The summed E-state index contributed by atoms with van der Waals surface area (Å²) in [6.07, 6.45) is 6.21. The van der Waals surface area contributed by atoms with Crippen molar-refractivity contribution in [3.05, 3.63) is 46.7 Å². The predicted molar refractivity (Wildman–Crippen MR) is 115 cm³/mol. The largest absolute Gasteiger partial charge is 0.483 e. The number of hydrogen-bond acceptors (Lipinski definition) is 8. The molecular weight excluding hydrogens is 416 g/mol. The Hall–Kier alpha value is -3.29. The van der Waals surface area contributed by atoms with Crippen molar-refractivity contribution >= 4 is 23.6 Å². The third-order valence-corrected chi connectivity index (χ3v) is 6.92. The van der Waals surface area contributed by atoms with E-state index in [0.29, 0.717) is 5.56 Å². The Morgan fingerprint density at radius 1 is 1.32 bits per heavy atom. The molecule has 31 heavy (non-hydrogen) atoms. The molecule has 0 saturated carbocycles. The molecule has 0 bridgehead atoms. The quantitative estimate of drug-likeness (QED) is 0.607. The lowest BCUT2D eigenvalue weighted by atomic mass is 9.85. The van der Waals surface area contributed by atoms with Gasteiger partial charge >= 0.3 is 0 Å². The first-order chi connectivity index (χ1) is 15.1. The van der Waals surface area contributed by atoms with Gasteiger partial charge in [0.25, 0.3) is 6.47 Å². The molecule has 0 radical (unpaired) electrons. The first-order valence-corrected chi connectivity index (χ1v) is 10.7. The average molecular weight is 439 g/mol. The summed E-state index contributed by atoms with van der Waals surface area (Å²) in [5.74, 6) is 1.65. The summed E-state index contributed by atoms with van der Waals surface area (Å²) < 4.78 is 8.12. The number of rotatable bonds is 2. The number of carboxylic acid groups (broad SMARTS) is 1. The van der Waals surface area contributed by atoms with Crippen LogP contribution in [0.25, 0.3) is 10.7 Å². The van der Waals surface area contributed by atoms with Crippen molar-refractivity contribution in [1.29, 1.82) is 5.26 Å². The minimum absolute atomic E-state index is 0.228. The highest BCUT2D eigenvalue weighted by Crippen LogP contribution is 2.47. The van der Waals surface area contributed by atoms with E-state index in [-0.39, 0.29) is 12.1 Å². The number of fused-ring (bicyclic) bond motifs is 2. The second kappa shape index (κ2) is 8.83. The van der Waals surface area contributed by atoms with Gasteiger partial charge in [0, 0.05) is 31.2 Å². The average Bonchev–Trinajstić information content (AvgIpc) is 3.42. The third kappa shape index (κ3) is 4.15. The zero-order valence-electron chi connectivity index (χ0n) is 17.1. The Morgan fingerprint density at radius 2 is 2.10 bits per heavy atom. The number of nitrogens with zero attached hydrogens (tertiary/aromatic N) is 6. The van der Waals surface area contributed by atoms with E-state index in [2.05, 4.69) is 32.1 Å². The number of aromatic nitrogens is 4. The normalized spacial score (nSPS) is 16.7. The summed E-state index contributed by atoms with van der Waals surface area (Å²) in [5.41, 5.74) is 1.79. The zero-order chi connectivity index (χ0) is 21.8. The molecule has 0 aromatic carbocycles. The van der Waals surface area contributed by atoms with Crippen molar-refractivity contribution < 1.29 is 14.6 Å². The van der Waals surface area contributed by atoms with E-state index in [0.717, 1.165) is 55.5 Å². The van der Waals surface area contributed by atoms with E-state index in [1.165, 1.54) is 10.4 Å². The number of pyridine rings is 1. The van der Waals surface area contributed by atoms with Gasteiger partial charge in [-0.1, -0.05) is 0 Å². The molecule has 1 saturated heterocycles. The molecule has 0 atom stereocenters. The smallest absolute Gasteiger partial charge is 0.290 e. The van der Waals surface area contributed by atoms with E-state index in [9.17, 15) is 0 Å². The van der Waals surface area contributed by atoms with Gasteiger partial charge in [-0.2, -0.15) is 10.4 Å². The van der Waals surface area contributed by atoms with Crippen molar-refractivity contribution in [2.75, 3.05) is 24.6 Å². The summed E-state index contributed by atoms with van der Waals surface area (Å²) >= 11 is 1.77. The van der Waals surface area contributed by atoms with Gasteiger partial charge in [-0.25, -0.2) is 9.97 Å². The number of hydrogen-bond donors (Lipinski definition) is 1. The fraction of sp³-hybridized carbons (Fsp3) is 0.381. The molecule has 3 aromatic heterocycles. The van der Waals surface area contributed by atoms with Crippen LogP contribution in [0.5, 0.6) is 0 Å². The van der Waals surface area contributed by atoms with Gasteiger partial charge in [0.05, 0.1) is 23.1 Å². The lowest BCUT2D eigenvalue weighted by molar-refractivity contribution is -0.122. The fourth-order valence-electron chi connectivity index (χ4n) is 4.11. The highest BCUT2D eigenvalue weighted by atomic mass is 32.1. The van der Waals surface area contributed by atoms with Gasteiger partial charge in [0.2, 0.25) is 0 Å². The Bertz CT molecular complexity index is 1110. The van der Waals surface area contributed by atoms with Crippen LogP contribution in [-0.2, 0) is 28.6 Å². The van der Waals surface area contributed by atoms with Crippen LogP contribution in [0.1, 0.15) is 28.8 Å². The summed E-state index contributed by atoms with van der Waals surface area (Å²) in [6.45, 7) is 2.22. The van der Waals surface area contributed by atoms with Gasteiger partial charge in [0.1, 0.15) is 17.7 Å². The maximum atomic E-state index is 9.14. The van der Waals surface area contributed by atoms with Crippen molar-refractivity contribution in [2.24, 2.45) is 7.05 Å². The number of ether oxygens (including phenoxy) is 1.